The van der Waals surface area contributed by atoms with Crippen molar-refractivity contribution < 1.29 is 14.3 Å². The van der Waals surface area contributed by atoms with E-state index in [1.54, 1.807) is 7.11 Å². The van der Waals surface area contributed by atoms with Crippen LogP contribution in [0.2, 0.25) is 0 Å². The van der Waals surface area contributed by atoms with Gasteiger partial charge in [-0.2, -0.15) is 0 Å². The molecule has 1 amide bonds. The number of nitrogens with one attached hydrogen (secondary N) is 1. The van der Waals surface area contributed by atoms with E-state index in [1.807, 2.05) is 23.1 Å². The summed E-state index contributed by atoms with van der Waals surface area (Å²) in [4.78, 5) is 13.9. The molecule has 1 aliphatic rings. The van der Waals surface area contributed by atoms with Crippen LogP contribution in [-0.2, 0) is 11.3 Å². The smallest absolute Gasteiger partial charge is 0.260 e. The maximum atomic E-state index is 12.0. The molecule has 0 unspecified atom stereocenters. The molecule has 0 saturated carbocycles. The van der Waals surface area contributed by atoms with E-state index in [2.05, 4.69) is 12.2 Å². The van der Waals surface area contributed by atoms with Crippen LogP contribution >= 0.6 is 0 Å². The molecule has 1 fully saturated rings. The minimum atomic E-state index is 0.0493. The van der Waals surface area contributed by atoms with Crippen LogP contribution in [0.3, 0.4) is 0 Å². The molecule has 1 saturated heterocycles. The summed E-state index contributed by atoms with van der Waals surface area (Å²) in [5.74, 6) is 1.34. The van der Waals surface area contributed by atoms with Crippen LogP contribution < -0.4 is 14.8 Å². The molecule has 5 heteroatoms. The second-order valence-electron chi connectivity index (χ2n) is 5.54. The number of hydrogen-bond acceptors (Lipinski definition) is 4. The molecular formula is C17H26N2O3. The maximum Gasteiger partial charge on any atom is 0.260 e. The summed E-state index contributed by atoms with van der Waals surface area (Å²) in [7, 11) is 1.62. The molecule has 1 N–H and O–H groups in total. The highest BCUT2D eigenvalue weighted by Gasteiger charge is 2.18. The Hall–Kier alpha value is -1.75. The summed E-state index contributed by atoms with van der Waals surface area (Å²) in [6.45, 7) is 5.70. The van der Waals surface area contributed by atoms with Crippen LogP contribution in [0, 0.1) is 0 Å². The van der Waals surface area contributed by atoms with E-state index in [9.17, 15) is 4.79 Å². The molecule has 1 aromatic carbocycles. The SMILES string of the molecule is CCCNCc1ccc(OCC(=O)N2CCCC2)c(OC)c1. The topological polar surface area (TPSA) is 50.8 Å². The molecule has 0 aromatic heterocycles. The first-order valence-corrected chi connectivity index (χ1v) is 8.02. The van der Waals surface area contributed by atoms with Crippen LogP contribution in [0.25, 0.3) is 0 Å². The van der Waals surface area contributed by atoms with Gasteiger partial charge in [-0.1, -0.05) is 13.0 Å². The van der Waals surface area contributed by atoms with E-state index in [1.165, 1.54) is 0 Å². The second kappa shape index (κ2) is 8.63. The van der Waals surface area contributed by atoms with Crippen LogP contribution in [0.1, 0.15) is 31.7 Å². The van der Waals surface area contributed by atoms with Crippen molar-refractivity contribution in [1.29, 1.82) is 0 Å². The van der Waals surface area contributed by atoms with Gasteiger partial charge in [0.1, 0.15) is 0 Å². The van der Waals surface area contributed by atoms with E-state index in [-0.39, 0.29) is 12.5 Å². The van der Waals surface area contributed by atoms with Gasteiger partial charge in [0, 0.05) is 19.6 Å². The summed E-state index contributed by atoms with van der Waals surface area (Å²) in [6.07, 6.45) is 3.29. The van der Waals surface area contributed by atoms with Crippen LogP contribution in [0.4, 0.5) is 0 Å². The van der Waals surface area contributed by atoms with E-state index in [0.717, 1.165) is 51.0 Å². The first kappa shape index (κ1) is 16.6. The van der Waals surface area contributed by atoms with Gasteiger partial charge < -0.3 is 19.7 Å². The lowest BCUT2D eigenvalue weighted by molar-refractivity contribution is -0.132. The van der Waals surface area contributed by atoms with Gasteiger partial charge in [-0.3, -0.25) is 4.79 Å². The zero-order valence-electron chi connectivity index (χ0n) is 13.6. The number of carbonyl (C=O) groups is 1. The summed E-state index contributed by atoms with van der Waals surface area (Å²) in [5.41, 5.74) is 1.14. The molecule has 0 atom stereocenters. The molecule has 0 bridgehead atoms. The van der Waals surface area contributed by atoms with Crippen molar-refractivity contribution in [2.24, 2.45) is 0 Å². The Labute approximate surface area is 132 Å². The number of nitrogens with zero attached hydrogens (tertiary/aromatic N) is 1. The first-order valence-electron chi connectivity index (χ1n) is 8.02. The number of methoxy groups -OCH3 is 1. The van der Waals surface area contributed by atoms with Crippen molar-refractivity contribution in [3.8, 4) is 11.5 Å². The number of likely N-dealkylation sites (tertiary alicyclic amines) is 1. The third-order valence-electron chi connectivity index (χ3n) is 3.79. The van der Waals surface area contributed by atoms with Gasteiger partial charge in [-0.15, -0.1) is 0 Å². The molecular weight excluding hydrogens is 280 g/mol. The van der Waals surface area contributed by atoms with Crippen LogP contribution in [0.15, 0.2) is 18.2 Å². The zero-order valence-corrected chi connectivity index (χ0v) is 13.6. The summed E-state index contributed by atoms with van der Waals surface area (Å²) >= 11 is 0. The first-order chi connectivity index (χ1) is 10.7. The molecule has 122 valence electrons. The number of rotatable bonds is 8. The zero-order chi connectivity index (χ0) is 15.8. The van der Waals surface area contributed by atoms with Crippen molar-refractivity contribution in [3.63, 3.8) is 0 Å². The highest BCUT2D eigenvalue weighted by Crippen LogP contribution is 2.28. The molecule has 1 heterocycles. The lowest BCUT2D eigenvalue weighted by atomic mass is 10.2. The highest BCUT2D eigenvalue weighted by atomic mass is 16.5. The summed E-state index contributed by atoms with van der Waals surface area (Å²) in [5, 5.41) is 3.35. The molecule has 1 aliphatic heterocycles. The van der Waals surface area contributed by atoms with Gasteiger partial charge in [0.15, 0.2) is 18.1 Å². The van der Waals surface area contributed by atoms with Gasteiger partial charge in [-0.25, -0.2) is 0 Å². The Kier molecular flexibility index (Phi) is 6.52. The fourth-order valence-corrected chi connectivity index (χ4v) is 2.55. The molecule has 0 aliphatic carbocycles. The third-order valence-corrected chi connectivity index (χ3v) is 3.79. The third kappa shape index (κ3) is 4.63. The molecule has 0 radical (unpaired) electrons. The second-order valence-corrected chi connectivity index (χ2v) is 5.54. The lowest BCUT2D eigenvalue weighted by Crippen LogP contribution is -2.32. The molecule has 1 aromatic rings. The predicted octanol–water partition coefficient (Wildman–Crippen LogP) is 2.20. The maximum absolute atomic E-state index is 12.0. The van der Waals surface area contributed by atoms with Gasteiger partial charge in [0.2, 0.25) is 0 Å². The van der Waals surface area contributed by atoms with Gasteiger partial charge in [0.05, 0.1) is 7.11 Å². The number of benzene rings is 1. The minimum Gasteiger partial charge on any atom is -0.493 e. The summed E-state index contributed by atoms with van der Waals surface area (Å²) in [6, 6.07) is 5.83. The minimum absolute atomic E-state index is 0.0493. The van der Waals surface area contributed by atoms with Gasteiger partial charge in [-0.05, 0) is 43.5 Å². The highest BCUT2D eigenvalue weighted by molar-refractivity contribution is 5.78. The van der Waals surface area contributed by atoms with E-state index < -0.39 is 0 Å². The number of amides is 1. The van der Waals surface area contributed by atoms with Crippen LogP contribution in [0.5, 0.6) is 11.5 Å². The van der Waals surface area contributed by atoms with E-state index in [0.29, 0.717) is 11.5 Å². The fourth-order valence-electron chi connectivity index (χ4n) is 2.55. The average Bonchev–Trinajstić information content (AvgIpc) is 3.08. The Morgan fingerprint density at radius 2 is 2.05 bits per heavy atom. The average molecular weight is 306 g/mol. The largest absolute Gasteiger partial charge is 0.493 e. The normalized spacial score (nSPS) is 14.2. The van der Waals surface area contributed by atoms with E-state index >= 15 is 0 Å². The van der Waals surface area contributed by atoms with Crippen molar-refractivity contribution in [2.75, 3.05) is 33.4 Å². The molecule has 2 rings (SSSR count). The summed E-state index contributed by atoms with van der Waals surface area (Å²) < 4.78 is 11.0. The Morgan fingerprint density at radius 3 is 2.73 bits per heavy atom. The van der Waals surface area contributed by atoms with Crippen molar-refractivity contribution >= 4 is 5.91 Å². The number of hydrogen-bond donors (Lipinski definition) is 1. The number of carbonyl (C=O) groups excluding carboxylic acids is 1. The lowest BCUT2D eigenvalue weighted by Gasteiger charge is -2.17. The van der Waals surface area contributed by atoms with Gasteiger partial charge >= 0.3 is 0 Å². The quantitative estimate of drug-likeness (QED) is 0.748. The Balaban J connectivity index is 1.90. The predicted molar refractivity (Wildman–Crippen MR) is 86.3 cm³/mol. The van der Waals surface area contributed by atoms with Crippen molar-refractivity contribution in [2.45, 2.75) is 32.7 Å². The Bertz CT molecular complexity index is 485. The monoisotopic (exact) mass is 306 g/mol. The molecule has 5 nitrogen and oxygen atoms in total. The molecule has 22 heavy (non-hydrogen) atoms. The van der Waals surface area contributed by atoms with Crippen LogP contribution in [-0.4, -0.2) is 44.2 Å². The fraction of sp³-hybridized carbons (Fsp3) is 0.588. The van der Waals surface area contributed by atoms with Crippen molar-refractivity contribution in [3.05, 3.63) is 23.8 Å². The number of ether oxygens (including phenoxy) is 2. The standard InChI is InChI=1S/C17H26N2O3/c1-3-8-18-12-14-6-7-15(16(11-14)21-2)22-13-17(20)19-9-4-5-10-19/h6-7,11,18H,3-5,8-10,12-13H2,1-2H3. The Morgan fingerprint density at radius 1 is 1.27 bits per heavy atom. The molecule has 0 spiro atoms. The van der Waals surface area contributed by atoms with Crippen molar-refractivity contribution in [1.82, 2.24) is 10.2 Å². The van der Waals surface area contributed by atoms with E-state index in [4.69, 9.17) is 9.47 Å². The van der Waals surface area contributed by atoms with Gasteiger partial charge in [0.25, 0.3) is 5.91 Å².